The minimum Gasteiger partial charge on any atom is -0.503 e. The fraction of sp³-hybridized carbons (Fsp3) is 0.316. The van der Waals surface area contributed by atoms with Crippen molar-refractivity contribution >= 4 is 34.9 Å². The van der Waals surface area contributed by atoms with Crippen LogP contribution in [0.2, 0.25) is 10.0 Å². The normalized spacial score (nSPS) is 17.5. The van der Waals surface area contributed by atoms with Crippen LogP contribution in [0.15, 0.2) is 36.4 Å². The highest BCUT2D eigenvalue weighted by Gasteiger charge is 2.27. The van der Waals surface area contributed by atoms with E-state index >= 15 is 0 Å². The molecule has 3 rings (SSSR count). The van der Waals surface area contributed by atoms with E-state index in [0.717, 1.165) is 0 Å². The van der Waals surface area contributed by atoms with Gasteiger partial charge in [-0.25, -0.2) is 4.79 Å². The Bertz CT molecular complexity index is 883. The highest BCUT2D eigenvalue weighted by Crippen LogP contribution is 2.37. The molecule has 30 heavy (non-hydrogen) atoms. The summed E-state index contributed by atoms with van der Waals surface area (Å²) in [7, 11) is 0. The molecule has 0 radical (unpaired) electrons. The van der Waals surface area contributed by atoms with Crippen molar-refractivity contribution in [1.82, 2.24) is 5.06 Å². The Labute approximate surface area is 182 Å². The van der Waals surface area contributed by atoms with E-state index < -0.39 is 12.1 Å². The molecule has 0 aliphatic carbocycles. The highest BCUT2D eigenvalue weighted by atomic mass is 35.5. The van der Waals surface area contributed by atoms with Crippen molar-refractivity contribution in [3.63, 3.8) is 0 Å². The van der Waals surface area contributed by atoms with Gasteiger partial charge in [-0.15, -0.1) is 0 Å². The van der Waals surface area contributed by atoms with E-state index in [1.54, 1.807) is 29.3 Å². The third-order valence-electron chi connectivity index (χ3n) is 4.11. The fourth-order valence-corrected chi connectivity index (χ4v) is 3.15. The van der Waals surface area contributed by atoms with Gasteiger partial charge in [-0.05, 0) is 30.3 Å². The van der Waals surface area contributed by atoms with Crippen molar-refractivity contribution in [2.24, 2.45) is 5.73 Å². The molecular formula is C19H21Cl2N3O6. The zero-order chi connectivity index (χ0) is 21.7. The second kappa shape index (κ2) is 10.1. The van der Waals surface area contributed by atoms with Crippen LogP contribution in [-0.2, 0) is 4.84 Å². The molecule has 1 saturated heterocycles. The number of benzene rings is 2. The number of aromatic hydroxyl groups is 1. The number of phenolic OH excluding ortho intramolecular Hbond substituents is 1. The molecule has 0 spiro atoms. The topological polar surface area (TPSA) is 127 Å². The number of ether oxygens (including phenoxy) is 2. The molecule has 2 atom stereocenters. The number of carbonyl (C=O) groups is 1. The summed E-state index contributed by atoms with van der Waals surface area (Å²) in [5, 5.41) is 25.1. The number of phenols is 1. The quantitative estimate of drug-likeness (QED) is 0.448. The average molecular weight is 458 g/mol. The molecule has 11 heteroatoms. The molecule has 2 aromatic carbocycles. The number of anilines is 1. The van der Waals surface area contributed by atoms with E-state index in [1.165, 1.54) is 12.1 Å². The molecule has 5 N–H and O–H groups in total. The van der Waals surface area contributed by atoms with Gasteiger partial charge in [-0.1, -0.05) is 23.2 Å². The number of nitrogens with one attached hydrogen (secondary N) is 1. The monoisotopic (exact) mass is 457 g/mol. The van der Waals surface area contributed by atoms with Crippen molar-refractivity contribution in [3.8, 4) is 17.2 Å². The van der Waals surface area contributed by atoms with E-state index in [4.69, 9.17) is 43.2 Å². The van der Waals surface area contributed by atoms with Gasteiger partial charge in [0.2, 0.25) is 0 Å². The van der Waals surface area contributed by atoms with E-state index in [1.807, 2.05) is 0 Å². The maximum absolute atomic E-state index is 11.0. The maximum Gasteiger partial charge on any atom is 0.316 e. The number of urea groups is 1. The van der Waals surface area contributed by atoms with Crippen LogP contribution < -0.4 is 20.5 Å². The van der Waals surface area contributed by atoms with E-state index in [0.29, 0.717) is 23.9 Å². The molecule has 9 nitrogen and oxygen atoms in total. The smallest absolute Gasteiger partial charge is 0.316 e. The Morgan fingerprint density at radius 2 is 2.03 bits per heavy atom. The average Bonchev–Trinajstić information content (AvgIpc) is 3.11. The number of nitrogens with two attached hydrogens (primary N) is 1. The lowest BCUT2D eigenvalue weighted by Gasteiger charge is -2.19. The number of nitrogens with zero attached hydrogens (tertiary/aromatic N) is 1. The summed E-state index contributed by atoms with van der Waals surface area (Å²) >= 11 is 11.8. The summed E-state index contributed by atoms with van der Waals surface area (Å²) in [5.74, 6) is 0.325. The van der Waals surface area contributed by atoms with Crippen LogP contribution in [0.1, 0.15) is 0 Å². The predicted octanol–water partition coefficient (Wildman–Crippen LogP) is 2.62. The van der Waals surface area contributed by atoms with Crippen molar-refractivity contribution in [2.45, 2.75) is 12.2 Å². The summed E-state index contributed by atoms with van der Waals surface area (Å²) in [6, 6.07) is 8.84. The lowest BCUT2D eigenvalue weighted by Crippen LogP contribution is -2.34. The second-order valence-corrected chi connectivity index (χ2v) is 7.46. The second-order valence-electron chi connectivity index (χ2n) is 6.59. The van der Waals surface area contributed by atoms with Gasteiger partial charge in [0.25, 0.3) is 0 Å². The van der Waals surface area contributed by atoms with Crippen LogP contribution >= 0.6 is 23.2 Å². The van der Waals surface area contributed by atoms with Crippen molar-refractivity contribution in [3.05, 3.63) is 46.4 Å². The van der Waals surface area contributed by atoms with Crippen molar-refractivity contribution in [1.29, 1.82) is 0 Å². The first kappa shape index (κ1) is 22.3. The third kappa shape index (κ3) is 6.28. The van der Waals surface area contributed by atoms with Crippen molar-refractivity contribution in [2.75, 3.05) is 31.6 Å². The van der Waals surface area contributed by atoms with E-state index in [2.05, 4.69) is 5.32 Å². The zero-order valence-electron chi connectivity index (χ0n) is 15.8. The molecule has 0 aromatic heterocycles. The standard InChI is InChI=1S/C19H21Cl2N3O6/c20-11-1-3-14(4-2-11)30-15-8-24(29-10-15)7-13(25)9-28-17-6-12(21)5-16(18(17)26)23-19(22)27/h1-6,13,15,25-26H,7-10H2,(H3,22,23,27)/t13-,15+/m0/s1. The molecule has 162 valence electrons. The van der Waals surface area contributed by atoms with Crippen LogP contribution in [0.3, 0.4) is 0 Å². The van der Waals surface area contributed by atoms with E-state index in [9.17, 15) is 15.0 Å². The van der Waals surface area contributed by atoms with E-state index in [-0.39, 0.29) is 41.5 Å². The molecule has 0 unspecified atom stereocenters. The molecule has 0 bridgehead atoms. The largest absolute Gasteiger partial charge is 0.503 e. The number of halogens is 2. The Morgan fingerprint density at radius 1 is 1.30 bits per heavy atom. The summed E-state index contributed by atoms with van der Waals surface area (Å²) in [5.41, 5.74) is 5.06. The molecule has 2 aromatic rings. The number of aliphatic hydroxyl groups excluding tert-OH is 1. The molecule has 1 fully saturated rings. The number of carbonyl (C=O) groups excluding carboxylic acids is 1. The van der Waals surface area contributed by atoms with Gasteiger partial charge in [-0.3, -0.25) is 4.84 Å². The number of hydrogen-bond acceptors (Lipinski definition) is 7. The third-order valence-corrected chi connectivity index (χ3v) is 4.58. The first-order valence-corrected chi connectivity index (χ1v) is 9.75. The predicted molar refractivity (Wildman–Crippen MR) is 111 cm³/mol. The summed E-state index contributed by atoms with van der Waals surface area (Å²) in [6.07, 6.45) is -1.12. The fourth-order valence-electron chi connectivity index (χ4n) is 2.81. The van der Waals surface area contributed by atoms with Crippen LogP contribution in [0.25, 0.3) is 0 Å². The Morgan fingerprint density at radius 3 is 2.73 bits per heavy atom. The van der Waals surface area contributed by atoms with Gasteiger partial charge in [0.05, 0.1) is 18.8 Å². The number of β-amino-alcohol motifs (C(OH)–C–C–N with tert-alkyl or cyclic N) is 1. The van der Waals surface area contributed by atoms with Gasteiger partial charge in [0.1, 0.15) is 31.2 Å². The molecular weight excluding hydrogens is 437 g/mol. The lowest BCUT2D eigenvalue weighted by molar-refractivity contribution is -0.131. The summed E-state index contributed by atoms with van der Waals surface area (Å²) in [4.78, 5) is 16.5. The minimum absolute atomic E-state index is 0.00316. The first-order chi connectivity index (χ1) is 14.3. The number of amides is 2. The molecule has 0 saturated carbocycles. The Balaban J connectivity index is 1.48. The van der Waals surface area contributed by atoms with Gasteiger partial charge in [0.15, 0.2) is 11.5 Å². The minimum atomic E-state index is -0.926. The number of aliphatic hydroxyl groups is 1. The summed E-state index contributed by atoms with van der Waals surface area (Å²) < 4.78 is 11.3. The van der Waals surface area contributed by atoms with Crippen LogP contribution in [0.5, 0.6) is 17.2 Å². The number of hydrogen-bond donors (Lipinski definition) is 4. The first-order valence-electron chi connectivity index (χ1n) is 9.00. The number of rotatable bonds is 8. The molecule has 2 amide bonds. The van der Waals surface area contributed by atoms with Crippen molar-refractivity contribution < 1.29 is 29.3 Å². The molecule has 1 aliphatic heterocycles. The highest BCUT2D eigenvalue weighted by molar-refractivity contribution is 6.31. The van der Waals surface area contributed by atoms with Gasteiger partial charge < -0.3 is 30.7 Å². The Hall–Kier alpha value is -2.43. The lowest BCUT2D eigenvalue weighted by atomic mass is 10.2. The molecule has 1 aliphatic rings. The zero-order valence-corrected chi connectivity index (χ0v) is 17.3. The van der Waals surface area contributed by atoms with Crippen LogP contribution in [-0.4, -0.2) is 59.8 Å². The van der Waals surface area contributed by atoms with Gasteiger partial charge in [-0.2, -0.15) is 5.06 Å². The maximum atomic E-state index is 11.0. The van der Waals surface area contributed by atoms with Crippen LogP contribution in [0, 0.1) is 0 Å². The number of hydroxylamine groups is 2. The van der Waals surface area contributed by atoms with Gasteiger partial charge >= 0.3 is 6.03 Å². The van der Waals surface area contributed by atoms with Gasteiger partial charge in [0, 0.05) is 16.1 Å². The number of primary amides is 1. The molecule has 1 heterocycles. The van der Waals surface area contributed by atoms with Crippen LogP contribution in [0.4, 0.5) is 10.5 Å². The Kier molecular flexibility index (Phi) is 7.46. The summed E-state index contributed by atoms with van der Waals surface area (Å²) in [6.45, 7) is 0.808. The SMILES string of the molecule is NC(=O)Nc1cc(Cl)cc(OC[C@@H](O)CN2C[C@@H](Oc3ccc(Cl)cc3)CO2)c1O.